The molecule has 0 aliphatic carbocycles. The molecule has 0 radical (unpaired) electrons. The van der Waals surface area contributed by atoms with Crippen LogP contribution in [0.1, 0.15) is 16.1 Å². The normalized spacial score (nSPS) is 10.0. The maximum atomic E-state index is 11.4. The number of carbonyl (C=O) groups is 1. The van der Waals surface area contributed by atoms with Crippen molar-refractivity contribution >= 4 is 29.1 Å². The minimum Gasteiger partial charge on any atom is -0.318 e. The van der Waals surface area contributed by atoms with Gasteiger partial charge in [0.05, 0.1) is 22.8 Å². The van der Waals surface area contributed by atoms with Gasteiger partial charge in [-0.2, -0.15) is 0 Å². The molecule has 1 heterocycles. The average molecular weight is 324 g/mol. The van der Waals surface area contributed by atoms with Crippen molar-refractivity contribution in [2.75, 3.05) is 0 Å². The summed E-state index contributed by atoms with van der Waals surface area (Å²) in [5.74, 6) is -0.916. The Morgan fingerprint density at radius 3 is 2.71 bits per heavy atom. The van der Waals surface area contributed by atoms with Gasteiger partial charge in [-0.25, -0.2) is 0 Å². The van der Waals surface area contributed by atoms with E-state index in [0.717, 1.165) is 0 Å². The summed E-state index contributed by atoms with van der Waals surface area (Å²) in [6.45, 7) is -0.0123. The molecule has 7 nitrogen and oxygen atoms in total. The number of halogens is 2. The molecule has 0 unspecified atom stereocenters. The van der Waals surface area contributed by atoms with Crippen LogP contribution in [0.4, 0.5) is 0 Å². The molecule has 2 aromatic rings. The lowest BCUT2D eigenvalue weighted by molar-refractivity contribution is 0.100. The van der Waals surface area contributed by atoms with Gasteiger partial charge in [0.2, 0.25) is 0 Å². The van der Waals surface area contributed by atoms with Gasteiger partial charge in [-0.05, 0) is 29.8 Å². The summed E-state index contributed by atoms with van der Waals surface area (Å²) in [5, 5.41) is 6.61. The van der Waals surface area contributed by atoms with Crippen LogP contribution in [0.3, 0.4) is 0 Å². The maximum absolute atomic E-state index is 11.4. The van der Waals surface area contributed by atoms with Crippen molar-refractivity contribution in [2.24, 2.45) is 10.3 Å². The molecule has 1 aromatic heterocycles. The van der Waals surface area contributed by atoms with Crippen molar-refractivity contribution in [1.29, 1.82) is 0 Å². The highest BCUT2D eigenvalue weighted by atomic mass is 35.5. The minimum atomic E-state index is -0.916. The third kappa shape index (κ3) is 3.22. The van der Waals surface area contributed by atoms with E-state index in [9.17, 15) is 9.70 Å². The number of azide groups is 1. The Labute approximate surface area is 128 Å². The Bertz CT molecular complexity index is 765. The Hall–Kier alpha value is -2.34. The summed E-state index contributed by atoms with van der Waals surface area (Å²) in [5.41, 5.74) is 9.52. The van der Waals surface area contributed by atoms with Gasteiger partial charge in [-0.1, -0.05) is 28.3 Å². The highest BCUT2D eigenvalue weighted by Gasteiger charge is 2.15. The zero-order valence-electron chi connectivity index (χ0n) is 10.4. The van der Waals surface area contributed by atoms with Gasteiger partial charge in [0.15, 0.2) is 0 Å². The Morgan fingerprint density at radius 1 is 1.33 bits per heavy atom. The second-order valence-electron chi connectivity index (χ2n) is 3.97. The SMILES string of the molecule is [N-]=[N+]=NCc1cc(C(=O)N=O)cn1-c1ccc(Cl)cc1Cl. The third-order valence-corrected chi connectivity index (χ3v) is 3.23. The van der Waals surface area contributed by atoms with Crippen LogP contribution in [-0.2, 0) is 6.54 Å². The van der Waals surface area contributed by atoms with Crippen molar-refractivity contribution in [3.05, 3.63) is 67.1 Å². The van der Waals surface area contributed by atoms with Crippen LogP contribution in [0.25, 0.3) is 16.1 Å². The maximum Gasteiger partial charge on any atom is 0.318 e. The summed E-state index contributed by atoms with van der Waals surface area (Å²) in [7, 11) is 0. The van der Waals surface area contributed by atoms with E-state index in [1.165, 1.54) is 18.3 Å². The second kappa shape index (κ2) is 6.41. The molecule has 21 heavy (non-hydrogen) atoms. The first-order valence-electron chi connectivity index (χ1n) is 5.62. The van der Waals surface area contributed by atoms with Crippen molar-refractivity contribution in [2.45, 2.75) is 6.54 Å². The third-order valence-electron chi connectivity index (χ3n) is 2.69. The van der Waals surface area contributed by atoms with Gasteiger partial charge in [-0.3, -0.25) is 4.79 Å². The van der Waals surface area contributed by atoms with E-state index < -0.39 is 5.91 Å². The molecule has 0 saturated carbocycles. The van der Waals surface area contributed by atoms with Gasteiger partial charge in [0, 0.05) is 27.0 Å². The molecule has 2 rings (SSSR count). The van der Waals surface area contributed by atoms with Gasteiger partial charge < -0.3 is 4.57 Å². The molecule has 0 aliphatic heterocycles. The Morgan fingerprint density at radius 2 is 2.10 bits per heavy atom. The van der Waals surface area contributed by atoms with E-state index in [0.29, 0.717) is 21.4 Å². The number of benzene rings is 1. The molecule has 9 heteroatoms. The number of nitrogens with zero attached hydrogens (tertiary/aromatic N) is 5. The van der Waals surface area contributed by atoms with Gasteiger partial charge in [0.25, 0.3) is 0 Å². The van der Waals surface area contributed by atoms with Crippen LogP contribution < -0.4 is 0 Å². The number of hydrogen-bond acceptors (Lipinski definition) is 3. The van der Waals surface area contributed by atoms with E-state index in [1.54, 1.807) is 16.7 Å². The molecular formula is C12H7Cl2N5O2. The number of aromatic nitrogens is 1. The monoisotopic (exact) mass is 323 g/mol. The summed E-state index contributed by atoms with van der Waals surface area (Å²) < 4.78 is 1.55. The van der Waals surface area contributed by atoms with Crippen molar-refractivity contribution < 1.29 is 4.79 Å². The highest BCUT2D eigenvalue weighted by molar-refractivity contribution is 6.35. The largest absolute Gasteiger partial charge is 0.318 e. The standard InChI is InChI=1S/C12H7Cl2N5O2/c13-8-1-2-11(10(14)4-8)19-6-7(12(20)17-21)3-9(19)5-16-18-15/h1-4,6H,5H2. The topological polar surface area (TPSA) is 100 Å². The van der Waals surface area contributed by atoms with Crippen molar-refractivity contribution in [3.63, 3.8) is 0 Å². The molecule has 0 spiro atoms. The molecule has 0 N–H and O–H groups in total. The van der Waals surface area contributed by atoms with E-state index >= 15 is 0 Å². The van der Waals surface area contributed by atoms with Crippen LogP contribution in [0.2, 0.25) is 10.0 Å². The van der Waals surface area contributed by atoms with E-state index in [1.807, 2.05) is 0 Å². The predicted octanol–water partition coefficient (Wildman–Crippen LogP) is 4.50. The van der Waals surface area contributed by atoms with Crippen molar-refractivity contribution in [1.82, 2.24) is 4.57 Å². The fourth-order valence-corrected chi connectivity index (χ4v) is 2.30. The van der Waals surface area contributed by atoms with Gasteiger partial charge >= 0.3 is 5.91 Å². The smallest absolute Gasteiger partial charge is 0.318 e. The van der Waals surface area contributed by atoms with Gasteiger partial charge in [-0.15, -0.1) is 4.91 Å². The number of amides is 1. The predicted molar refractivity (Wildman–Crippen MR) is 78.8 cm³/mol. The zero-order chi connectivity index (χ0) is 15.4. The molecule has 0 bridgehead atoms. The van der Waals surface area contributed by atoms with E-state index in [4.69, 9.17) is 28.7 Å². The number of nitroso groups, excluding NO2 is 1. The summed E-state index contributed by atoms with van der Waals surface area (Å²) in [6, 6.07) is 6.23. The Kier molecular flexibility index (Phi) is 4.59. The van der Waals surface area contributed by atoms with Crippen LogP contribution >= 0.6 is 23.2 Å². The van der Waals surface area contributed by atoms with Crippen LogP contribution in [0.15, 0.2) is 40.8 Å². The fraction of sp³-hybridized carbons (Fsp3) is 0.0833. The summed E-state index contributed by atoms with van der Waals surface area (Å²) >= 11 is 11.9. The first-order chi connectivity index (χ1) is 10.1. The highest BCUT2D eigenvalue weighted by Crippen LogP contribution is 2.27. The van der Waals surface area contributed by atoms with Gasteiger partial charge in [0.1, 0.15) is 0 Å². The Balaban J connectivity index is 2.59. The molecule has 0 aliphatic rings. The summed E-state index contributed by atoms with van der Waals surface area (Å²) in [4.78, 5) is 24.4. The lowest BCUT2D eigenvalue weighted by atomic mass is 10.3. The minimum absolute atomic E-state index is 0.0123. The quantitative estimate of drug-likeness (QED) is 0.358. The first-order valence-corrected chi connectivity index (χ1v) is 6.37. The van der Waals surface area contributed by atoms with Crippen LogP contribution in [0.5, 0.6) is 0 Å². The van der Waals surface area contributed by atoms with E-state index in [2.05, 4.69) is 15.2 Å². The van der Waals surface area contributed by atoms with Crippen LogP contribution in [0, 0.1) is 4.91 Å². The zero-order valence-corrected chi connectivity index (χ0v) is 11.9. The molecular weight excluding hydrogens is 317 g/mol. The first kappa shape index (κ1) is 15.1. The molecule has 106 valence electrons. The molecule has 1 aromatic carbocycles. The molecule has 0 saturated heterocycles. The van der Waals surface area contributed by atoms with Crippen LogP contribution in [-0.4, -0.2) is 10.5 Å². The number of rotatable bonds is 4. The lowest BCUT2D eigenvalue weighted by Crippen LogP contribution is -1.98. The second-order valence-corrected chi connectivity index (χ2v) is 4.81. The number of hydrogen-bond donors (Lipinski definition) is 0. The van der Waals surface area contributed by atoms with Crippen molar-refractivity contribution in [3.8, 4) is 5.69 Å². The molecule has 0 fully saturated rings. The molecule has 0 atom stereocenters. The van der Waals surface area contributed by atoms with E-state index in [-0.39, 0.29) is 12.1 Å². The fourth-order valence-electron chi connectivity index (χ4n) is 1.80. The summed E-state index contributed by atoms with van der Waals surface area (Å²) in [6.07, 6.45) is 1.40. The lowest BCUT2D eigenvalue weighted by Gasteiger charge is -2.09. The average Bonchev–Trinajstić information content (AvgIpc) is 2.88. The molecule has 1 amide bonds. The number of carbonyl (C=O) groups excluding carboxylic acids is 1.